The Bertz CT molecular complexity index is 682. The smallest absolute Gasteiger partial charge is 0.229 e. The van der Waals surface area contributed by atoms with Crippen LogP contribution in [0.15, 0.2) is 33.6 Å². The molecule has 1 aliphatic heterocycles. The number of hydrogen-bond acceptors (Lipinski definition) is 4. The molecule has 19 heavy (non-hydrogen) atoms. The fraction of sp³-hybridized carbons (Fsp3) is 0.455. The van der Waals surface area contributed by atoms with Gasteiger partial charge in [0.15, 0.2) is 9.84 Å². The fourth-order valence-corrected chi connectivity index (χ4v) is 5.97. The second-order valence-corrected chi connectivity index (χ2v) is 9.74. The van der Waals surface area contributed by atoms with Crippen LogP contribution in [0.2, 0.25) is 0 Å². The van der Waals surface area contributed by atoms with E-state index in [2.05, 4.69) is 20.7 Å². The zero-order valence-electron chi connectivity index (χ0n) is 10.3. The normalized spacial score (nSPS) is 26.4. The van der Waals surface area contributed by atoms with E-state index in [9.17, 15) is 16.8 Å². The maximum atomic E-state index is 12.2. The number of hydrogen-bond donors (Lipinski definition) is 1. The summed E-state index contributed by atoms with van der Waals surface area (Å²) in [7, 11) is -6.85. The first-order valence-corrected chi connectivity index (χ1v) is 9.72. The maximum Gasteiger partial charge on any atom is 0.241 e. The molecule has 1 unspecified atom stereocenters. The Morgan fingerprint density at radius 3 is 2.32 bits per heavy atom. The molecular weight excluding hydrogens is 354 g/mol. The molecule has 1 aromatic rings. The van der Waals surface area contributed by atoms with Crippen molar-refractivity contribution >= 4 is 35.8 Å². The van der Waals surface area contributed by atoms with Crippen molar-refractivity contribution in [1.29, 1.82) is 0 Å². The Morgan fingerprint density at radius 2 is 1.84 bits per heavy atom. The van der Waals surface area contributed by atoms with Crippen LogP contribution in [0.5, 0.6) is 0 Å². The molecule has 1 aliphatic rings. The summed E-state index contributed by atoms with van der Waals surface area (Å²) < 4.78 is 50.6. The molecule has 0 radical (unpaired) electrons. The summed E-state index contributed by atoms with van der Waals surface area (Å²) in [6.45, 7) is 1.62. The monoisotopic (exact) mass is 367 g/mol. The third-order valence-electron chi connectivity index (χ3n) is 3.01. The van der Waals surface area contributed by atoms with E-state index in [-0.39, 0.29) is 16.4 Å². The molecule has 1 fully saturated rings. The highest BCUT2D eigenvalue weighted by molar-refractivity contribution is 9.10. The molecule has 106 valence electrons. The van der Waals surface area contributed by atoms with Crippen molar-refractivity contribution in [3.63, 3.8) is 0 Å². The Hall–Kier alpha value is -0.440. The van der Waals surface area contributed by atoms with Crippen LogP contribution < -0.4 is 4.72 Å². The largest absolute Gasteiger partial charge is 0.241 e. The van der Waals surface area contributed by atoms with Crippen LogP contribution in [0.3, 0.4) is 0 Å². The summed E-state index contributed by atoms with van der Waals surface area (Å²) in [4.78, 5) is 0.126. The predicted molar refractivity (Wildman–Crippen MR) is 76.1 cm³/mol. The number of sulfone groups is 1. The lowest BCUT2D eigenvalue weighted by Gasteiger charge is -2.23. The highest BCUT2D eigenvalue weighted by Gasteiger charge is 2.41. The Kier molecular flexibility index (Phi) is 3.81. The van der Waals surface area contributed by atoms with Gasteiger partial charge >= 0.3 is 0 Å². The van der Waals surface area contributed by atoms with E-state index < -0.39 is 25.4 Å². The second kappa shape index (κ2) is 4.83. The zero-order chi connectivity index (χ0) is 14.3. The number of rotatable bonds is 3. The van der Waals surface area contributed by atoms with Gasteiger partial charge in [0.1, 0.15) is 0 Å². The summed E-state index contributed by atoms with van der Waals surface area (Å²) in [5.41, 5.74) is -0.926. The molecule has 0 amide bonds. The topological polar surface area (TPSA) is 80.3 Å². The lowest BCUT2D eigenvalue weighted by molar-refractivity contribution is 0.462. The van der Waals surface area contributed by atoms with Crippen molar-refractivity contribution in [3.05, 3.63) is 28.7 Å². The molecule has 0 bridgehead atoms. The first kappa shape index (κ1) is 15.0. The van der Waals surface area contributed by atoms with Gasteiger partial charge in [-0.3, -0.25) is 0 Å². The highest BCUT2D eigenvalue weighted by Crippen LogP contribution is 2.25. The van der Waals surface area contributed by atoms with Gasteiger partial charge in [0, 0.05) is 10.0 Å². The minimum atomic E-state index is -3.70. The van der Waals surface area contributed by atoms with Crippen molar-refractivity contribution in [3.8, 4) is 0 Å². The molecule has 0 spiro atoms. The van der Waals surface area contributed by atoms with Gasteiger partial charge in [-0.1, -0.05) is 15.9 Å². The van der Waals surface area contributed by atoms with Crippen LogP contribution in [0, 0.1) is 0 Å². The Morgan fingerprint density at radius 1 is 1.26 bits per heavy atom. The van der Waals surface area contributed by atoms with Crippen molar-refractivity contribution in [2.24, 2.45) is 0 Å². The van der Waals surface area contributed by atoms with Gasteiger partial charge in [0.25, 0.3) is 0 Å². The second-order valence-electron chi connectivity index (χ2n) is 4.96. The average molecular weight is 368 g/mol. The van der Waals surface area contributed by atoms with E-state index in [1.165, 1.54) is 12.1 Å². The SMILES string of the molecule is CC1(NS(=O)(=O)c2ccc(Br)cc2)CCS(=O)(=O)C1. The van der Waals surface area contributed by atoms with E-state index in [4.69, 9.17) is 0 Å². The Labute approximate surface area is 121 Å². The zero-order valence-corrected chi connectivity index (χ0v) is 13.5. The molecular formula is C11H14BrNO4S2. The number of sulfonamides is 1. The van der Waals surface area contributed by atoms with Gasteiger partial charge in [-0.15, -0.1) is 0 Å². The fourth-order valence-electron chi connectivity index (χ4n) is 2.09. The summed E-state index contributed by atoms with van der Waals surface area (Å²) in [6.07, 6.45) is 0.297. The van der Waals surface area contributed by atoms with Crippen LogP contribution in [-0.4, -0.2) is 33.9 Å². The van der Waals surface area contributed by atoms with Crippen molar-refractivity contribution in [1.82, 2.24) is 4.72 Å². The summed E-state index contributed by atoms with van der Waals surface area (Å²) in [5.74, 6) is -0.137. The van der Waals surface area contributed by atoms with Crippen molar-refractivity contribution in [2.75, 3.05) is 11.5 Å². The number of benzene rings is 1. The molecule has 0 saturated carbocycles. The number of halogens is 1. The van der Waals surface area contributed by atoms with Crippen LogP contribution >= 0.6 is 15.9 Å². The minimum absolute atomic E-state index is 0.0202. The standard InChI is InChI=1S/C11H14BrNO4S2/c1-11(6-7-18(14,15)8-11)13-19(16,17)10-4-2-9(12)3-5-10/h2-5,13H,6-8H2,1H3. The predicted octanol–water partition coefficient (Wildman–Crippen LogP) is 1.30. The lowest BCUT2D eigenvalue weighted by atomic mass is 10.0. The third kappa shape index (κ3) is 3.56. The van der Waals surface area contributed by atoms with E-state index >= 15 is 0 Å². The molecule has 0 aromatic heterocycles. The van der Waals surface area contributed by atoms with E-state index in [1.807, 2.05) is 0 Å². The van der Waals surface area contributed by atoms with E-state index in [1.54, 1.807) is 19.1 Å². The van der Waals surface area contributed by atoms with E-state index in [0.717, 1.165) is 4.47 Å². The molecule has 1 N–H and O–H groups in total. The van der Waals surface area contributed by atoms with Crippen LogP contribution in [-0.2, 0) is 19.9 Å². The van der Waals surface area contributed by atoms with E-state index in [0.29, 0.717) is 6.42 Å². The molecule has 2 rings (SSSR count). The lowest BCUT2D eigenvalue weighted by Crippen LogP contribution is -2.46. The maximum absolute atomic E-state index is 12.2. The van der Waals surface area contributed by atoms with Crippen LogP contribution in [0.25, 0.3) is 0 Å². The van der Waals surface area contributed by atoms with Gasteiger partial charge in [-0.25, -0.2) is 21.6 Å². The highest BCUT2D eigenvalue weighted by atomic mass is 79.9. The quantitative estimate of drug-likeness (QED) is 0.872. The van der Waals surface area contributed by atoms with Crippen molar-refractivity contribution in [2.45, 2.75) is 23.8 Å². The first-order valence-electron chi connectivity index (χ1n) is 5.62. The van der Waals surface area contributed by atoms with Gasteiger partial charge in [-0.05, 0) is 37.6 Å². The molecule has 1 heterocycles. The van der Waals surface area contributed by atoms with Gasteiger partial charge in [-0.2, -0.15) is 0 Å². The third-order valence-corrected chi connectivity index (χ3v) is 7.09. The van der Waals surface area contributed by atoms with Gasteiger partial charge < -0.3 is 0 Å². The number of nitrogens with one attached hydrogen (secondary N) is 1. The first-order chi connectivity index (χ1) is 8.62. The molecule has 0 aliphatic carbocycles. The summed E-state index contributed by atoms with van der Waals surface area (Å²) >= 11 is 3.23. The van der Waals surface area contributed by atoms with Gasteiger partial charge in [0.05, 0.1) is 16.4 Å². The molecule has 1 atom stereocenters. The summed E-state index contributed by atoms with van der Waals surface area (Å²) in [5, 5.41) is 0. The minimum Gasteiger partial charge on any atom is -0.229 e. The summed E-state index contributed by atoms with van der Waals surface area (Å²) in [6, 6.07) is 6.20. The Balaban J connectivity index is 2.25. The molecule has 1 saturated heterocycles. The molecule has 8 heteroatoms. The molecule has 5 nitrogen and oxygen atoms in total. The average Bonchev–Trinajstić information content (AvgIpc) is 2.52. The van der Waals surface area contributed by atoms with Gasteiger partial charge in [0.2, 0.25) is 10.0 Å². The molecule has 1 aromatic carbocycles. The van der Waals surface area contributed by atoms with Crippen LogP contribution in [0.4, 0.5) is 0 Å². The van der Waals surface area contributed by atoms with Crippen LogP contribution in [0.1, 0.15) is 13.3 Å². The van der Waals surface area contributed by atoms with Crippen molar-refractivity contribution < 1.29 is 16.8 Å².